The molecule has 2 atom stereocenters. The molecule has 2 aliphatic rings. The molecule has 6 nitrogen and oxygen atoms in total. The first kappa shape index (κ1) is 13.9. The largest absolute Gasteiger partial charge is 0.464 e. The molecule has 1 aromatic rings. The van der Waals surface area contributed by atoms with Crippen molar-refractivity contribution in [3.8, 4) is 0 Å². The molecule has 0 saturated heterocycles. The Morgan fingerprint density at radius 2 is 2.24 bits per heavy atom. The molecule has 1 aliphatic heterocycles. The average molecular weight is 289 g/mol. The molecular formula is C15H19N3O3. The smallest absolute Gasteiger partial charge is 0.270 e. The standard InChI is InChI=1S/C15H19N3O3/c1-9-7-11(9)13-5-3-10(21-13)8-18(2)15(20)12-4-6-14(19)17-16-12/h3,5,9,11H,4,6-8H2,1-2H3,(H,17,19). The molecule has 0 aromatic carbocycles. The fourth-order valence-corrected chi connectivity index (χ4v) is 2.55. The van der Waals surface area contributed by atoms with Crippen LogP contribution in [0.15, 0.2) is 21.7 Å². The van der Waals surface area contributed by atoms with Gasteiger partial charge in [-0.2, -0.15) is 5.10 Å². The maximum Gasteiger partial charge on any atom is 0.270 e. The summed E-state index contributed by atoms with van der Waals surface area (Å²) < 4.78 is 5.80. The molecule has 2 amide bonds. The van der Waals surface area contributed by atoms with E-state index in [1.54, 1.807) is 11.9 Å². The number of nitrogens with one attached hydrogen (secondary N) is 1. The van der Waals surface area contributed by atoms with Gasteiger partial charge in [0.05, 0.1) is 6.54 Å². The Labute approximate surface area is 123 Å². The van der Waals surface area contributed by atoms with Crippen molar-refractivity contribution in [1.29, 1.82) is 0 Å². The lowest BCUT2D eigenvalue weighted by atomic mass is 10.1. The topological polar surface area (TPSA) is 74.9 Å². The van der Waals surface area contributed by atoms with Gasteiger partial charge in [0.1, 0.15) is 17.2 Å². The van der Waals surface area contributed by atoms with Crippen LogP contribution in [0.2, 0.25) is 0 Å². The van der Waals surface area contributed by atoms with Crippen molar-refractivity contribution < 1.29 is 14.0 Å². The number of carbonyl (C=O) groups excluding carboxylic acids is 2. The molecule has 112 valence electrons. The van der Waals surface area contributed by atoms with Gasteiger partial charge < -0.3 is 9.32 Å². The molecule has 6 heteroatoms. The Bertz CT molecular complexity index is 605. The third kappa shape index (κ3) is 2.99. The van der Waals surface area contributed by atoms with Crippen molar-refractivity contribution in [2.45, 2.75) is 38.6 Å². The first-order chi connectivity index (χ1) is 10.0. The molecule has 1 aromatic heterocycles. The minimum Gasteiger partial charge on any atom is -0.464 e. The van der Waals surface area contributed by atoms with Crippen molar-refractivity contribution in [2.24, 2.45) is 11.0 Å². The molecule has 2 heterocycles. The summed E-state index contributed by atoms with van der Waals surface area (Å²) in [5.41, 5.74) is 2.73. The number of hydrogen-bond acceptors (Lipinski definition) is 4. The van der Waals surface area contributed by atoms with Crippen molar-refractivity contribution >= 4 is 17.5 Å². The summed E-state index contributed by atoms with van der Waals surface area (Å²) in [4.78, 5) is 24.8. The number of furan rings is 1. The minimum atomic E-state index is -0.173. The van der Waals surface area contributed by atoms with E-state index in [1.807, 2.05) is 12.1 Å². The van der Waals surface area contributed by atoms with E-state index < -0.39 is 0 Å². The van der Waals surface area contributed by atoms with Crippen LogP contribution in [0.3, 0.4) is 0 Å². The summed E-state index contributed by atoms with van der Waals surface area (Å²) in [5, 5.41) is 3.82. The summed E-state index contributed by atoms with van der Waals surface area (Å²) in [6, 6.07) is 3.93. The zero-order valence-corrected chi connectivity index (χ0v) is 12.3. The fraction of sp³-hybridized carbons (Fsp3) is 0.533. The van der Waals surface area contributed by atoms with E-state index in [9.17, 15) is 9.59 Å². The summed E-state index contributed by atoms with van der Waals surface area (Å²) in [5.74, 6) is 2.71. The molecule has 1 saturated carbocycles. The molecule has 3 rings (SSSR count). The van der Waals surface area contributed by atoms with Crippen LogP contribution in [-0.2, 0) is 16.1 Å². The summed E-state index contributed by atoms with van der Waals surface area (Å²) >= 11 is 0. The Balaban J connectivity index is 1.60. The first-order valence-corrected chi connectivity index (χ1v) is 7.24. The summed E-state index contributed by atoms with van der Waals surface area (Å²) in [6.45, 7) is 2.62. The zero-order valence-electron chi connectivity index (χ0n) is 12.3. The predicted molar refractivity (Wildman–Crippen MR) is 76.5 cm³/mol. The van der Waals surface area contributed by atoms with Crippen LogP contribution in [0.5, 0.6) is 0 Å². The molecule has 1 N–H and O–H groups in total. The second-order valence-corrected chi connectivity index (χ2v) is 5.88. The number of carbonyl (C=O) groups is 2. The van der Waals surface area contributed by atoms with E-state index in [0.29, 0.717) is 36.9 Å². The highest BCUT2D eigenvalue weighted by Crippen LogP contribution is 2.47. The molecule has 2 unspecified atom stereocenters. The van der Waals surface area contributed by atoms with Gasteiger partial charge in [-0.15, -0.1) is 0 Å². The Morgan fingerprint density at radius 3 is 2.86 bits per heavy atom. The van der Waals surface area contributed by atoms with Gasteiger partial charge in [0.2, 0.25) is 5.91 Å². The number of rotatable bonds is 4. The molecule has 1 aliphatic carbocycles. The number of hydrazone groups is 1. The third-order valence-corrected chi connectivity index (χ3v) is 4.05. The van der Waals surface area contributed by atoms with Crippen molar-refractivity contribution in [3.05, 3.63) is 23.7 Å². The quantitative estimate of drug-likeness (QED) is 0.915. The van der Waals surface area contributed by atoms with E-state index in [-0.39, 0.29) is 11.8 Å². The fourth-order valence-electron chi connectivity index (χ4n) is 2.55. The number of hydrogen-bond donors (Lipinski definition) is 1. The summed E-state index contributed by atoms with van der Waals surface area (Å²) in [6.07, 6.45) is 1.87. The lowest BCUT2D eigenvalue weighted by Gasteiger charge is -2.18. The van der Waals surface area contributed by atoms with Crippen molar-refractivity contribution in [1.82, 2.24) is 10.3 Å². The molecular weight excluding hydrogens is 270 g/mol. The molecule has 0 spiro atoms. The zero-order chi connectivity index (χ0) is 15.0. The van der Waals surface area contributed by atoms with Gasteiger partial charge in [-0.3, -0.25) is 9.59 Å². The van der Waals surface area contributed by atoms with E-state index in [0.717, 1.165) is 11.5 Å². The number of nitrogens with zero attached hydrogens (tertiary/aromatic N) is 2. The van der Waals surface area contributed by atoms with Gasteiger partial charge in [-0.25, -0.2) is 5.43 Å². The van der Waals surface area contributed by atoms with Crippen molar-refractivity contribution in [2.75, 3.05) is 7.05 Å². The molecule has 21 heavy (non-hydrogen) atoms. The van der Waals surface area contributed by atoms with Gasteiger partial charge >= 0.3 is 0 Å². The van der Waals surface area contributed by atoms with E-state index >= 15 is 0 Å². The summed E-state index contributed by atoms with van der Waals surface area (Å²) in [7, 11) is 1.71. The maximum atomic E-state index is 12.2. The van der Waals surface area contributed by atoms with Gasteiger partial charge in [-0.05, 0) is 24.5 Å². The maximum absolute atomic E-state index is 12.2. The van der Waals surface area contributed by atoms with Gasteiger partial charge in [0.25, 0.3) is 5.91 Å². The first-order valence-electron chi connectivity index (χ1n) is 7.24. The minimum absolute atomic E-state index is 0.150. The van der Waals surface area contributed by atoms with E-state index in [1.165, 1.54) is 6.42 Å². The SMILES string of the molecule is CC1CC1c1ccc(CN(C)C(=O)C2=NNC(=O)CC2)o1. The molecule has 1 fully saturated rings. The molecule has 0 radical (unpaired) electrons. The van der Waals surface area contributed by atoms with Crippen LogP contribution >= 0.6 is 0 Å². The van der Waals surface area contributed by atoms with Crippen LogP contribution in [0.1, 0.15) is 43.6 Å². The van der Waals surface area contributed by atoms with Crippen LogP contribution in [-0.4, -0.2) is 29.5 Å². The second-order valence-electron chi connectivity index (χ2n) is 5.88. The number of amides is 2. The Hall–Kier alpha value is -2.11. The predicted octanol–water partition coefficient (Wildman–Crippen LogP) is 1.63. The monoisotopic (exact) mass is 289 g/mol. The van der Waals surface area contributed by atoms with Crippen LogP contribution in [0, 0.1) is 5.92 Å². The van der Waals surface area contributed by atoms with Crippen LogP contribution in [0.25, 0.3) is 0 Å². The Morgan fingerprint density at radius 1 is 1.48 bits per heavy atom. The van der Waals surface area contributed by atoms with Crippen LogP contribution in [0.4, 0.5) is 0 Å². The molecule has 0 bridgehead atoms. The van der Waals surface area contributed by atoms with Gasteiger partial charge in [0.15, 0.2) is 0 Å². The normalized spacial score (nSPS) is 24.3. The lowest BCUT2D eigenvalue weighted by molar-refractivity contribution is -0.124. The highest BCUT2D eigenvalue weighted by molar-refractivity contribution is 6.39. The lowest BCUT2D eigenvalue weighted by Crippen LogP contribution is -2.37. The highest BCUT2D eigenvalue weighted by atomic mass is 16.3. The van der Waals surface area contributed by atoms with Crippen LogP contribution < -0.4 is 5.43 Å². The second kappa shape index (κ2) is 5.35. The van der Waals surface area contributed by atoms with Crippen molar-refractivity contribution in [3.63, 3.8) is 0 Å². The average Bonchev–Trinajstić information content (AvgIpc) is 3.02. The highest BCUT2D eigenvalue weighted by Gasteiger charge is 2.36. The Kier molecular flexibility index (Phi) is 3.53. The third-order valence-electron chi connectivity index (χ3n) is 4.05. The van der Waals surface area contributed by atoms with E-state index in [2.05, 4.69) is 17.5 Å². The van der Waals surface area contributed by atoms with Gasteiger partial charge in [-0.1, -0.05) is 6.92 Å². The van der Waals surface area contributed by atoms with Gasteiger partial charge in [0, 0.05) is 25.8 Å². The van der Waals surface area contributed by atoms with E-state index in [4.69, 9.17) is 4.42 Å².